The van der Waals surface area contributed by atoms with Gasteiger partial charge in [-0.2, -0.15) is 5.10 Å². The number of ether oxygens (including phenoxy) is 1. The average molecular weight is 405 g/mol. The number of hydrogen-bond acceptors (Lipinski definition) is 4. The minimum absolute atomic E-state index is 0.0694. The molecule has 6 heteroatoms. The summed E-state index contributed by atoms with van der Waals surface area (Å²) in [6.07, 6.45) is 6.63. The lowest BCUT2D eigenvalue weighted by molar-refractivity contribution is 0.0705. The highest BCUT2D eigenvalue weighted by atomic mass is 16.5. The topological polar surface area (TPSA) is 60.2 Å². The summed E-state index contributed by atoms with van der Waals surface area (Å²) in [5.41, 5.74) is 4.90. The van der Waals surface area contributed by atoms with Crippen molar-refractivity contribution in [3.8, 4) is 5.75 Å². The molecule has 1 saturated heterocycles. The van der Waals surface area contributed by atoms with Crippen molar-refractivity contribution in [1.29, 1.82) is 0 Å². The zero-order chi connectivity index (χ0) is 21.1. The number of methoxy groups -OCH3 is 1. The van der Waals surface area contributed by atoms with Crippen molar-refractivity contribution in [3.63, 3.8) is 0 Å². The number of aromatic nitrogens is 3. The Morgan fingerprint density at radius 1 is 1.23 bits per heavy atom. The second kappa shape index (κ2) is 8.69. The Bertz CT molecular complexity index is 1030. The van der Waals surface area contributed by atoms with Gasteiger partial charge in [0.2, 0.25) is 0 Å². The monoisotopic (exact) mass is 404 g/mol. The van der Waals surface area contributed by atoms with E-state index in [2.05, 4.69) is 29.4 Å². The van der Waals surface area contributed by atoms with Gasteiger partial charge in [0.05, 0.1) is 18.4 Å². The molecule has 1 amide bonds. The second-order valence-corrected chi connectivity index (χ2v) is 8.01. The van der Waals surface area contributed by atoms with Gasteiger partial charge in [-0.1, -0.05) is 18.2 Å². The van der Waals surface area contributed by atoms with Crippen LogP contribution in [-0.4, -0.2) is 45.8 Å². The molecule has 156 valence electrons. The molecule has 1 fully saturated rings. The summed E-state index contributed by atoms with van der Waals surface area (Å²) in [6, 6.07) is 12.4. The van der Waals surface area contributed by atoms with Gasteiger partial charge in [0.1, 0.15) is 5.75 Å². The molecule has 0 N–H and O–H groups in total. The van der Waals surface area contributed by atoms with Crippen LogP contribution in [0.4, 0.5) is 0 Å². The van der Waals surface area contributed by atoms with E-state index in [-0.39, 0.29) is 11.8 Å². The number of benzene rings is 1. The molecule has 1 aliphatic heterocycles. The van der Waals surface area contributed by atoms with Crippen LogP contribution in [0.15, 0.2) is 48.8 Å². The molecule has 0 bridgehead atoms. The molecule has 1 atom stereocenters. The highest BCUT2D eigenvalue weighted by Gasteiger charge is 2.27. The Morgan fingerprint density at radius 3 is 2.80 bits per heavy atom. The fraction of sp³-hybridized carbons (Fsp3) is 0.375. The number of likely N-dealkylation sites (tertiary alicyclic amines) is 1. The number of aryl methyl sites for hydroxylation is 2. The lowest BCUT2D eigenvalue weighted by atomic mass is 9.93. The first-order valence-corrected chi connectivity index (χ1v) is 10.4. The Kier molecular flexibility index (Phi) is 5.84. The van der Waals surface area contributed by atoms with Crippen LogP contribution in [0.1, 0.15) is 51.6 Å². The van der Waals surface area contributed by atoms with Crippen LogP contribution in [0, 0.1) is 6.92 Å². The molecule has 0 saturated carbocycles. The maximum Gasteiger partial charge on any atom is 0.257 e. The molecule has 0 unspecified atom stereocenters. The molecule has 1 aliphatic rings. The van der Waals surface area contributed by atoms with Crippen molar-refractivity contribution in [2.45, 2.75) is 32.1 Å². The normalized spacial score (nSPS) is 16.5. The van der Waals surface area contributed by atoms with Gasteiger partial charge in [0, 0.05) is 44.1 Å². The highest BCUT2D eigenvalue weighted by molar-refractivity contribution is 5.95. The number of nitrogens with zero attached hydrogens (tertiary/aromatic N) is 4. The molecular weight excluding hydrogens is 376 g/mol. The van der Waals surface area contributed by atoms with E-state index >= 15 is 0 Å². The van der Waals surface area contributed by atoms with Crippen LogP contribution >= 0.6 is 0 Å². The van der Waals surface area contributed by atoms with Gasteiger partial charge in [-0.25, -0.2) is 0 Å². The van der Waals surface area contributed by atoms with Crippen molar-refractivity contribution in [3.05, 3.63) is 76.9 Å². The zero-order valence-corrected chi connectivity index (χ0v) is 17.8. The van der Waals surface area contributed by atoms with Crippen LogP contribution in [-0.2, 0) is 13.5 Å². The van der Waals surface area contributed by atoms with E-state index < -0.39 is 0 Å². The van der Waals surface area contributed by atoms with E-state index in [4.69, 9.17) is 9.72 Å². The first kappa shape index (κ1) is 20.1. The van der Waals surface area contributed by atoms with Gasteiger partial charge >= 0.3 is 0 Å². The van der Waals surface area contributed by atoms with Gasteiger partial charge in [-0.05, 0) is 55.5 Å². The van der Waals surface area contributed by atoms with Gasteiger partial charge < -0.3 is 9.64 Å². The number of amides is 1. The summed E-state index contributed by atoms with van der Waals surface area (Å²) in [5, 5.41) is 4.31. The van der Waals surface area contributed by atoms with E-state index in [1.807, 2.05) is 43.4 Å². The number of rotatable bonds is 5. The molecule has 3 aromatic rings. The lowest BCUT2D eigenvalue weighted by Gasteiger charge is -2.32. The smallest absolute Gasteiger partial charge is 0.257 e. The van der Waals surface area contributed by atoms with Gasteiger partial charge in [-0.15, -0.1) is 0 Å². The first-order valence-electron chi connectivity index (χ1n) is 10.4. The minimum Gasteiger partial charge on any atom is -0.497 e. The Labute approximate surface area is 177 Å². The molecule has 1 aromatic carbocycles. The zero-order valence-electron chi connectivity index (χ0n) is 17.8. The van der Waals surface area contributed by atoms with Crippen LogP contribution in [0.5, 0.6) is 5.75 Å². The fourth-order valence-corrected chi connectivity index (χ4v) is 4.18. The third-order valence-corrected chi connectivity index (χ3v) is 5.76. The molecule has 3 heterocycles. The summed E-state index contributed by atoms with van der Waals surface area (Å²) in [4.78, 5) is 19.7. The third-order valence-electron chi connectivity index (χ3n) is 5.76. The average Bonchev–Trinajstić information content (AvgIpc) is 3.12. The summed E-state index contributed by atoms with van der Waals surface area (Å²) in [6.45, 7) is 3.38. The molecular formula is C24H28N4O2. The predicted molar refractivity (Wildman–Crippen MR) is 116 cm³/mol. The summed E-state index contributed by atoms with van der Waals surface area (Å²) >= 11 is 0. The van der Waals surface area contributed by atoms with Crippen LogP contribution in [0.3, 0.4) is 0 Å². The fourth-order valence-electron chi connectivity index (χ4n) is 4.18. The maximum atomic E-state index is 13.0. The first-order chi connectivity index (χ1) is 14.5. The van der Waals surface area contributed by atoms with E-state index in [0.717, 1.165) is 42.9 Å². The van der Waals surface area contributed by atoms with Gasteiger partial charge in [-0.3, -0.25) is 14.5 Å². The predicted octanol–water partition coefficient (Wildman–Crippen LogP) is 3.74. The van der Waals surface area contributed by atoms with E-state index in [1.165, 1.54) is 11.1 Å². The van der Waals surface area contributed by atoms with Crippen LogP contribution < -0.4 is 4.74 Å². The number of carbonyl (C=O) groups excluding carboxylic acids is 1. The third kappa shape index (κ3) is 4.37. The molecule has 6 nitrogen and oxygen atoms in total. The maximum absolute atomic E-state index is 13.0. The van der Waals surface area contributed by atoms with Crippen LogP contribution in [0.25, 0.3) is 0 Å². The van der Waals surface area contributed by atoms with Crippen LogP contribution in [0.2, 0.25) is 0 Å². The van der Waals surface area contributed by atoms with Gasteiger partial charge in [0.15, 0.2) is 0 Å². The van der Waals surface area contributed by atoms with Crippen molar-refractivity contribution in [2.24, 2.45) is 7.05 Å². The van der Waals surface area contributed by atoms with E-state index in [1.54, 1.807) is 11.8 Å². The Hall–Kier alpha value is -3.15. The molecule has 0 radical (unpaired) electrons. The molecule has 30 heavy (non-hydrogen) atoms. The molecule has 4 rings (SSSR count). The number of hydrogen-bond donors (Lipinski definition) is 0. The van der Waals surface area contributed by atoms with Crippen molar-refractivity contribution in [1.82, 2.24) is 19.7 Å². The van der Waals surface area contributed by atoms with Crippen molar-refractivity contribution in [2.75, 3.05) is 20.2 Å². The quantitative estimate of drug-likeness (QED) is 0.650. The largest absolute Gasteiger partial charge is 0.497 e. The summed E-state index contributed by atoms with van der Waals surface area (Å²) < 4.78 is 7.01. The second-order valence-electron chi connectivity index (χ2n) is 8.01. The van der Waals surface area contributed by atoms with E-state index in [9.17, 15) is 4.79 Å². The SMILES string of the molecule is COc1cccc(Cc2ccc([C@H]3CCCN(C(=O)c4cn(C)nc4C)C3)nc2)c1. The molecule has 2 aromatic heterocycles. The number of carbonyl (C=O) groups is 1. The van der Waals surface area contributed by atoms with Gasteiger partial charge in [0.25, 0.3) is 5.91 Å². The Balaban J connectivity index is 1.43. The summed E-state index contributed by atoms with van der Waals surface area (Å²) in [7, 11) is 3.53. The minimum atomic E-state index is 0.0694. The van der Waals surface area contributed by atoms with Crippen molar-refractivity contribution >= 4 is 5.91 Å². The highest BCUT2D eigenvalue weighted by Crippen LogP contribution is 2.27. The molecule has 0 aliphatic carbocycles. The number of piperidine rings is 1. The standard InChI is InChI=1S/C24H28N4O2/c1-17-22(16-27(2)26-17)24(29)28-11-5-7-20(15-28)23-10-9-19(14-25-23)12-18-6-4-8-21(13-18)30-3/h4,6,8-10,13-14,16,20H,5,7,11-12,15H2,1-3H3/t20-/m0/s1. The van der Waals surface area contributed by atoms with Crippen molar-refractivity contribution < 1.29 is 9.53 Å². The lowest BCUT2D eigenvalue weighted by Crippen LogP contribution is -2.39. The summed E-state index contributed by atoms with van der Waals surface area (Å²) in [5.74, 6) is 1.21. The number of pyridine rings is 1. The van der Waals surface area contributed by atoms with E-state index in [0.29, 0.717) is 12.1 Å². The molecule has 0 spiro atoms. The Morgan fingerprint density at radius 2 is 2.10 bits per heavy atom.